The summed E-state index contributed by atoms with van der Waals surface area (Å²) in [4.78, 5) is 0. The van der Waals surface area contributed by atoms with E-state index in [4.69, 9.17) is 0 Å². The van der Waals surface area contributed by atoms with E-state index in [0.717, 1.165) is 0 Å². The number of hydrogen-bond donors (Lipinski definition) is 0. The van der Waals surface area contributed by atoms with Gasteiger partial charge in [0, 0.05) is 0 Å². The molecule has 1 saturated carbocycles. The Kier molecular flexibility index (Phi) is 3.08. The summed E-state index contributed by atoms with van der Waals surface area (Å²) >= 11 is 0. The van der Waals surface area contributed by atoms with Crippen LogP contribution in [0.3, 0.4) is 0 Å². The smallest absolute Gasteiger partial charge is 0.0710 e. The van der Waals surface area contributed by atoms with Crippen molar-refractivity contribution in [3.63, 3.8) is 0 Å². The molecule has 0 radical (unpaired) electrons. The third-order valence-corrected chi connectivity index (χ3v) is 7.24. The van der Waals surface area contributed by atoms with Crippen molar-refractivity contribution in [2.24, 2.45) is 11.3 Å². The van der Waals surface area contributed by atoms with Gasteiger partial charge in [0.05, 0.1) is 5.41 Å². The fourth-order valence-electron chi connectivity index (χ4n) is 5.49. The van der Waals surface area contributed by atoms with Gasteiger partial charge in [0.15, 0.2) is 0 Å². The molecule has 3 aromatic carbocycles. The third kappa shape index (κ3) is 1.96. The minimum absolute atomic E-state index is 0.221. The first-order valence-corrected chi connectivity index (χ1v) is 10.3. The fourth-order valence-corrected chi connectivity index (χ4v) is 5.49. The van der Waals surface area contributed by atoms with E-state index in [0.29, 0.717) is 11.3 Å². The Bertz CT molecular complexity index is 1110. The Hall–Kier alpha value is -2.86. The van der Waals surface area contributed by atoms with Crippen molar-refractivity contribution in [3.05, 3.63) is 119 Å². The van der Waals surface area contributed by atoms with E-state index >= 15 is 0 Å². The molecule has 2 unspecified atom stereocenters. The van der Waals surface area contributed by atoms with Crippen molar-refractivity contribution in [1.29, 1.82) is 0 Å². The van der Waals surface area contributed by atoms with Crippen LogP contribution >= 0.6 is 0 Å². The lowest BCUT2D eigenvalue weighted by Crippen LogP contribution is -2.30. The van der Waals surface area contributed by atoms with Crippen LogP contribution in [0.15, 0.2) is 96.6 Å². The number of aryl methyl sites for hydroxylation is 1. The fraction of sp³-hybridized carbons (Fsp3) is 0.214. The standard InChI is InChI=1S/C28H24/c1-19-11-13-20(14-12-19)28(21-15-16-27(2)18-22(27)17-21)25-9-5-3-7-23(25)24-8-4-6-10-26(24)28/h3-17,22H,18H2,1-2H3. The topological polar surface area (TPSA) is 0 Å². The summed E-state index contributed by atoms with van der Waals surface area (Å²) in [6, 6.07) is 27.2. The molecular formula is C28H24. The maximum Gasteiger partial charge on any atom is 0.0710 e. The summed E-state index contributed by atoms with van der Waals surface area (Å²) in [5, 5.41) is 0. The average Bonchev–Trinajstić information content (AvgIpc) is 3.32. The molecule has 0 aromatic heterocycles. The maximum atomic E-state index is 2.57. The minimum Gasteiger partial charge on any atom is -0.0777 e. The highest BCUT2D eigenvalue weighted by Crippen LogP contribution is 2.62. The van der Waals surface area contributed by atoms with E-state index in [-0.39, 0.29) is 5.41 Å². The summed E-state index contributed by atoms with van der Waals surface area (Å²) in [6.07, 6.45) is 8.73. The number of allylic oxidation sites excluding steroid dienone is 4. The van der Waals surface area contributed by atoms with Crippen LogP contribution in [0.1, 0.15) is 35.6 Å². The largest absolute Gasteiger partial charge is 0.0777 e. The van der Waals surface area contributed by atoms with E-state index in [1.807, 2.05) is 0 Å². The molecule has 6 rings (SSSR count). The minimum atomic E-state index is -0.221. The molecule has 3 aromatic rings. The second kappa shape index (κ2) is 5.35. The van der Waals surface area contributed by atoms with Crippen LogP contribution in [0, 0.1) is 18.3 Å². The molecule has 0 bridgehead atoms. The van der Waals surface area contributed by atoms with E-state index in [2.05, 4.69) is 105 Å². The zero-order valence-electron chi connectivity index (χ0n) is 16.4. The van der Waals surface area contributed by atoms with Crippen molar-refractivity contribution in [2.75, 3.05) is 0 Å². The van der Waals surface area contributed by atoms with Gasteiger partial charge in [-0.05, 0) is 58.1 Å². The highest BCUT2D eigenvalue weighted by molar-refractivity contribution is 5.86. The van der Waals surface area contributed by atoms with Crippen molar-refractivity contribution in [3.8, 4) is 11.1 Å². The Labute approximate surface area is 167 Å². The second-order valence-electron chi connectivity index (χ2n) is 8.98. The van der Waals surface area contributed by atoms with Gasteiger partial charge in [0.2, 0.25) is 0 Å². The van der Waals surface area contributed by atoms with Crippen LogP contribution in [0.4, 0.5) is 0 Å². The van der Waals surface area contributed by atoms with Gasteiger partial charge in [-0.2, -0.15) is 0 Å². The molecule has 0 spiro atoms. The number of fused-ring (bicyclic) bond motifs is 4. The third-order valence-electron chi connectivity index (χ3n) is 7.24. The monoisotopic (exact) mass is 360 g/mol. The molecule has 2 atom stereocenters. The first-order valence-electron chi connectivity index (χ1n) is 10.3. The van der Waals surface area contributed by atoms with Gasteiger partial charge in [0.1, 0.15) is 0 Å². The van der Waals surface area contributed by atoms with Gasteiger partial charge in [-0.1, -0.05) is 104 Å². The molecule has 0 nitrogen and oxygen atoms in total. The summed E-state index contributed by atoms with van der Waals surface area (Å²) < 4.78 is 0. The van der Waals surface area contributed by atoms with Crippen molar-refractivity contribution < 1.29 is 0 Å². The first kappa shape index (κ1) is 16.1. The van der Waals surface area contributed by atoms with Crippen LogP contribution in [0.2, 0.25) is 0 Å². The van der Waals surface area contributed by atoms with Crippen molar-refractivity contribution in [2.45, 2.75) is 25.7 Å². The van der Waals surface area contributed by atoms with Gasteiger partial charge in [-0.15, -0.1) is 0 Å². The number of rotatable bonds is 2. The molecule has 0 N–H and O–H groups in total. The zero-order chi connectivity index (χ0) is 18.9. The molecule has 3 aliphatic carbocycles. The van der Waals surface area contributed by atoms with Crippen LogP contribution in [-0.2, 0) is 5.41 Å². The van der Waals surface area contributed by atoms with Gasteiger partial charge >= 0.3 is 0 Å². The molecule has 136 valence electrons. The Morgan fingerprint density at radius 1 is 0.786 bits per heavy atom. The first-order chi connectivity index (χ1) is 13.6. The van der Waals surface area contributed by atoms with Crippen LogP contribution in [-0.4, -0.2) is 0 Å². The van der Waals surface area contributed by atoms with Crippen molar-refractivity contribution >= 4 is 0 Å². The van der Waals surface area contributed by atoms with Crippen LogP contribution < -0.4 is 0 Å². The normalized spacial score (nSPS) is 25.5. The van der Waals surface area contributed by atoms with Gasteiger partial charge in [-0.3, -0.25) is 0 Å². The summed E-state index contributed by atoms with van der Waals surface area (Å²) in [7, 11) is 0. The molecular weight excluding hydrogens is 336 g/mol. The van der Waals surface area contributed by atoms with Crippen LogP contribution in [0.25, 0.3) is 11.1 Å². The van der Waals surface area contributed by atoms with Gasteiger partial charge in [-0.25, -0.2) is 0 Å². The Balaban J connectivity index is 1.72. The van der Waals surface area contributed by atoms with Gasteiger partial charge < -0.3 is 0 Å². The SMILES string of the molecule is Cc1ccc(C2(C3=CC4CC4(C)C=C3)c3ccccc3-c3ccccc32)cc1. The molecule has 1 fully saturated rings. The predicted molar refractivity (Wildman–Crippen MR) is 116 cm³/mol. The molecule has 28 heavy (non-hydrogen) atoms. The molecule has 3 aliphatic rings. The lowest BCUT2D eigenvalue weighted by atomic mass is 9.66. The lowest BCUT2D eigenvalue weighted by Gasteiger charge is -2.36. The van der Waals surface area contributed by atoms with E-state index in [1.54, 1.807) is 0 Å². The number of benzene rings is 3. The quantitative estimate of drug-likeness (QED) is 0.470. The Morgan fingerprint density at radius 3 is 2.00 bits per heavy atom. The predicted octanol–water partition coefficient (Wildman–Crippen LogP) is 6.83. The van der Waals surface area contributed by atoms with E-state index < -0.39 is 0 Å². The maximum absolute atomic E-state index is 2.57. The second-order valence-corrected chi connectivity index (χ2v) is 8.98. The highest BCUT2D eigenvalue weighted by atomic mass is 14.6. The van der Waals surface area contributed by atoms with E-state index in [1.165, 1.54) is 45.4 Å². The summed E-state index contributed by atoms with van der Waals surface area (Å²) in [5.74, 6) is 0.676. The zero-order valence-corrected chi connectivity index (χ0v) is 16.4. The lowest BCUT2D eigenvalue weighted by molar-refractivity contribution is 0.663. The number of hydrogen-bond acceptors (Lipinski definition) is 0. The summed E-state index contributed by atoms with van der Waals surface area (Å²) in [5.41, 5.74) is 9.86. The molecule has 0 heteroatoms. The van der Waals surface area contributed by atoms with E-state index in [9.17, 15) is 0 Å². The summed E-state index contributed by atoms with van der Waals surface area (Å²) in [6.45, 7) is 4.55. The van der Waals surface area contributed by atoms with Gasteiger partial charge in [0.25, 0.3) is 0 Å². The highest BCUT2D eigenvalue weighted by Gasteiger charge is 2.52. The van der Waals surface area contributed by atoms with Crippen molar-refractivity contribution in [1.82, 2.24) is 0 Å². The molecule has 0 saturated heterocycles. The molecule has 0 amide bonds. The average molecular weight is 361 g/mol. The van der Waals surface area contributed by atoms with Crippen LogP contribution in [0.5, 0.6) is 0 Å². The molecule has 0 heterocycles. The Morgan fingerprint density at radius 2 is 1.39 bits per heavy atom. The molecule has 0 aliphatic heterocycles.